The Morgan fingerprint density at radius 3 is 2.12 bits per heavy atom. The van der Waals surface area contributed by atoms with Gasteiger partial charge in [0.2, 0.25) is 0 Å². The van der Waals surface area contributed by atoms with Crippen LogP contribution < -0.4 is 0 Å². The molecule has 3 nitrogen and oxygen atoms in total. The number of hydrogen-bond acceptors (Lipinski definition) is 2. The molecule has 0 aliphatic heterocycles. The summed E-state index contributed by atoms with van der Waals surface area (Å²) in [7, 11) is 0. The summed E-state index contributed by atoms with van der Waals surface area (Å²) in [6.07, 6.45) is 2.28. The molecule has 0 unspecified atom stereocenters. The third-order valence-electron chi connectivity index (χ3n) is 2.49. The summed E-state index contributed by atoms with van der Waals surface area (Å²) in [4.78, 5) is 11.2. The van der Waals surface area contributed by atoms with Crippen molar-refractivity contribution in [1.29, 1.82) is 0 Å². The third kappa shape index (κ3) is 2.24. The number of aryl methyl sites for hydroxylation is 2. The molecule has 16 heavy (non-hydrogen) atoms. The lowest BCUT2D eigenvalue weighted by Crippen LogP contribution is -2.06. The zero-order valence-corrected chi connectivity index (χ0v) is 9.74. The molecule has 1 rings (SSSR count). The van der Waals surface area contributed by atoms with Crippen LogP contribution in [0.5, 0.6) is 0 Å². The van der Waals surface area contributed by atoms with E-state index in [0.717, 1.165) is 5.56 Å². The first-order valence-electron chi connectivity index (χ1n) is 5.22. The maximum atomic E-state index is 11.2. The Morgan fingerprint density at radius 2 is 1.69 bits per heavy atom. The first-order valence-corrected chi connectivity index (χ1v) is 5.22. The van der Waals surface area contributed by atoms with Crippen LogP contribution in [0.1, 0.15) is 40.4 Å². The molecule has 0 heterocycles. The number of hydrogen-bond donors (Lipinski definition) is 2. The predicted octanol–water partition coefficient (Wildman–Crippen LogP) is 3.31. The molecule has 0 saturated carbocycles. The van der Waals surface area contributed by atoms with Crippen LogP contribution in [0.25, 0.3) is 5.76 Å². The summed E-state index contributed by atoms with van der Waals surface area (Å²) in [6, 6.07) is 3.57. The van der Waals surface area contributed by atoms with Crippen molar-refractivity contribution in [3.63, 3.8) is 0 Å². The summed E-state index contributed by atoms with van der Waals surface area (Å²) in [6.45, 7) is 5.41. The summed E-state index contributed by atoms with van der Waals surface area (Å²) in [5, 5.41) is 19.0. The second kappa shape index (κ2) is 4.84. The summed E-state index contributed by atoms with van der Waals surface area (Å²) < 4.78 is 0. The van der Waals surface area contributed by atoms with E-state index in [4.69, 9.17) is 5.11 Å². The smallest absolute Gasteiger partial charge is 0.336 e. The number of rotatable bonds is 3. The van der Waals surface area contributed by atoms with E-state index in [0.29, 0.717) is 17.5 Å². The molecular formula is C13H16O3. The number of carbonyl (C=O) groups is 1. The number of aromatic carboxylic acids is 1. The average molecular weight is 220 g/mol. The van der Waals surface area contributed by atoms with Crippen LogP contribution >= 0.6 is 0 Å². The Kier molecular flexibility index (Phi) is 3.72. The molecule has 3 heteroatoms. The van der Waals surface area contributed by atoms with Gasteiger partial charge in [0, 0.05) is 5.56 Å². The minimum Gasteiger partial charge on any atom is -0.508 e. The van der Waals surface area contributed by atoms with Gasteiger partial charge < -0.3 is 10.2 Å². The standard InChI is InChI=1S/C13H16O3/c1-4-5-10(14)11-8(2)6-7-9(3)12(11)13(15)16/h5-7,14H,4H2,1-3H3,(H,15,16)/b10-5+. The van der Waals surface area contributed by atoms with Gasteiger partial charge in [0.25, 0.3) is 0 Å². The van der Waals surface area contributed by atoms with Crippen molar-refractivity contribution < 1.29 is 15.0 Å². The van der Waals surface area contributed by atoms with Crippen molar-refractivity contribution >= 4 is 11.7 Å². The van der Waals surface area contributed by atoms with Crippen molar-refractivity contribution in [1.82, 2.24) is 0 Å². The highest BCUT2D eigenvalue weighted by Gasteiger charge is 2.17. The van der Waals surface area contributed by atoms with Crippen molar-refractivity contribution in [2.24, 2.45) is 0 Å². The van der Waals surface area contributed by atoms with Crippen LogP contribution in [0.3, 0.4) is 0 Å². The summed E-state index contributed by atoms with van der Waals surface area (Å²) in [5.74, 6) is -0.964. The molecule has 0 aliphatic rings. The largest absolute Gasteiger partial charge is 0.508 e. The first kappa shape index (κ1) is 12.3. The van der Waals surface area contributed by atoms with Crippen LogP contribution in [-0.4, -0.2) is 16.2 Å². The maximum Gasteiger partial charge on any atom is 0.336 e. The molecule has 0 aliphatic carbocycles. The SMILES string of the molecule is CC/C=C(/O)c1c(C)ccc(C)c1C(=O)O. The van der Waals surface area contributed by atoms with Gasteiger partial charge in [-0.3, -0.25) is 0 Å². The van der Waals surface area contributed by atoms with E-state index < -0.39 is 5.97 Å². The van der Waals surface area contributed by atoms with Gasteiger partial charge in [-0.1, -0.05) is 19.1 Å². The van der Waals surface area contributed by atoms with Gasteiger partial charge in [0.05, 0.1) is 5.56 Å². The fourth-order valence-electron chi connectivity index (χ4n) is 1.71. The molecule has 0 saturated heterocycles. The van der Waals surface area contributed by atoms with Gasteiger partial charge in [-0.15, -0.1) is 0 Å². The Labute approximate surface area is 95.0 Å². The lowest BCUT2D eigenvalue weighted by atomic mass is 9.95. The van der Waals surface area contributed by atoms with Crippen LogP contribution in [0, 0.1) is 13.8 Å². The molecule has 0 bridgehead atoms. The zero-order chi connectivity index (χ0) is 12.3. The molecule has 0 amide bonds. The van der Waals surface area contributed by atoms with Crippen molar-refractivity contribution in [3.05, 3.63) is 40.5 Å². The molecule has 0 spiro atoms. The Hall–Kier alpha value is -1.77. The van der Waals surface area contributed by atoms with Crippen LogP contribution in [0.2, 0.25) is 0 Å². The second-order valence-corrected chi connectivity index (χ2v) is 3.75. The monoisotopic (exact) mass is 220 g/mol. The molecule has 0 radical (unpaired) electrons. The lowest BCUT2D eigenvalue weighted by molar-refractivity contribution is 0.0695. The van der Waals surface area contributed by atoms with Gasteiger partial charge in [0.15, 0.2) is 0 Å². The summed E-state index contributed by atoms with van der Waals surface area (Å²) in [5.41, 5.74) is 2.03. The number of benzene rings is 1. The molecular weight excluding hydrogens is 204 g/mol. The van der Waals surface area contributed by atoms with Gasteiger partial charge in [0.1, 0.15) is 5.76 Å². The number of carboxylic acid groups (broad SMARTS) is 1. The minimum atomic E-state index is -1.01. The van der Waals surface area contributed by atoms with E-state index in [2.05, 4.69) is 0 Å². The van der Waals surface area contributed by atoms with E-state index in [1.165, 1.54) is 0 Å². The summed E-state index contributed by atoms with van der Waals surface area (Å²) >= 11 is 0. The van der Waals surface area contributed by atoms with Crippen LogP contribution in [-0.2, 0) is 0 Å². The van der Waals surface area contributed by atoms with Crippen molar-refractivity contribution in [2.75, 3.05) is 0 Å². The Bertz CT molecular complexity index is 445. The highest BCUT2D eigenvalue weighted by atomic mass is 16.4. The third-order valence-corrected chi connectivity index (χ3v) is 2.49. The van der Waals surface area contributed by atoms with Gasteiger partial charge >= 0.3 is 5.97 Å². The van der Waals surface area contributed by atoms with Crippen LogP contribution in [0.15, 0.2) is 18.2 Å². The Balaban J connectivity index is 3.52. The molecule has 0 atom stereocenters. The van der Waals surface area contributed by atoms with E-state index in [-0.39, 0.29) is 11.3 Å². The van der Waals surface area contributed by atoms with Crippen molar-refractivity contribution in [2.45, 2.75) is 27.2 Å². The average Bonchev–Trinajstić information content (AvgIpc) is 2.20. The van der Waals surface area contributed by atoms with Gasteiger partial charge in [-0.05, 0) is 37.5 Å². The number of allylic oxidation sites excluding steroid dienone is 1. The van der Waals surface area contributed by atoms with E-state index in [1.54, 1.807) is 26.0 Å². The van der Waals surface area contributed by atoms with E-state index in [1.807, 2.05) is 13.0 Å². The normalized spacial score (nSPS) is 11.6. The molecule has 0 aromatic heterocycles. The Morgan fingerprint density at radius 1 is 1.19 bits per heavy atom. The van der Waals surface area contributed by atoms with E-state index in [9.17, 15) is 9.90 Å². The molecule has 1 aromatic carbocycles. The second-order valence-electron chi connectivity index (χ2n) is 3.75. The zero-order valence-electron chi connectivity index (χ0n) is 9.74. The number of aliphatic hydroxyl groups is 1. The fraction of sp³-hybridized carbons (Fsp3) is 0.308. The molecule has 86 valence electrons. The highest BCUT2D eigenvalue weighted by molar-refractivity contribution is 5.95. The quantitative estimate of drug-likeness (QED) is 0.768. The molecule has 0 fully saturated rings. The van der Waals surface area contributed by atoms with Gasteiger partial charge in [-0.25, -0.2) is 4.79 Å². The highest BCUT2D eigenvalue weighted by Crippen LogP contribution is 2.25. The van der Waals surface area contributed by atoms with Crippen molar-refractivity contribution in [3.8, 4) is 0 Å². The predicted molar refractivity (Wildman–Crippen MR) is 63.8 cm³/mol. The van der Waals surface area contributed by atoms with Gasteiger partial charge in [-0.2, -0.15) is 0 Å². The lowest BCUT2D eigenvalue weighted by Gasteiger charge is -2.11. The number of aliphatic hydroxyl groups excluding tert-OH is 1. The maximum absolute atomic E-state index is 11.2. The molecule has 1 aromatic rings. The van der Waals surface area contributed by atoms with Crippen LogP contribution in [0.4, 0.5) is 0 Å². The van der Waals surface area contributed by atoms with E-state index >= 15 is 0 Å². The number of carboxylic acids is 1. The first-order chi connectivity index (χ1) is 7.49. The fourth-order valence-corrected chi connectivity index (χ4v) is 1.71. The minimum absolute atomic E-state index is 0.0427. The topological polar surface area (TPSA) is 57.5 Å². The molecule has 2 N–H and O–H groups in total.